The molecular weight excluding hydrogens is 554 g/mol. The van der Waals surface area contributed by atoms with Crippen LogP contribution in [-0.4, -0.2) is 74.6 Å². The first-order chi connectivity index (χ1) is 20.7. The van der Waals surface area contributed by atoms with Gasteiger partial charge in [-0.2, -0.15) is 0 Å². The number of aromatic amines is 1. The third-order valence-corrected chi connectivity index (χ3v) is 6.82. The fourth-order valence-electron chi connectivity index (χ4n) is 4.44. The Labute approximate surface area is 249 Å². The highest BCUT2D eigenvalue weighted by Crippen LogP contribution is 2.12. The molecule has 230 valence electrons. The lowest BCUT2D eigenvalue weighted by Gasteiger charge is -2.25. The Hall–Kier alpha value is -4.75. The molecule has 0 saturated carbocycles. The monoisotopic (exact) mass is 593 g/mol. The molecule has 1 heterocycles. The van der Waals surface area contributed by atoms with E-state index in [-0.39, 0.29) is 31.4 Å². The van der Waals surface area contributed by atoms with Crippen molar-refractivity contribution in [2.24, 2.45) is 11.5 Å². The van der Waals surface area contributed by atoms with Crippen molar-refractivity contribution in [2.45, 2.75) is 62.7 Å². The Kier molecular flexibility index (Phi) is 12.7. The highest BCUT2D eigenvalue weighted by atomic mass is 16.4. The lowest BCUT2D eigenvalue weighted by Crippen LogP contribution is -2.58. The van der Waals surface area contributed by atoms with Crippen LogP contribution < -0.4 is 27.4 Å². The summed E-state index contributed by atoms with van der Waals surface area (Å²) in [6.45, 7) is 0.398. The van der Waals surface area contributed by atoms with Gasteiger partial charge in [-0.25, -0.2) is 9.78 Å². The van der Waals surface area contributed by atoms with Crippen molar-refractivity contribution < 1.29 is 29.4 Å². The summed E-state index contributed by atoms with van der Waals surface area (Å²) < 4.78 is 0. The van der Waals surface area contributed by atoms with E-state index in [1.54, 1.807) is 36.4 Å². The fraction of sp³-hybridized carbons (Fsp3) is 0.367. The fourth-order valence-corrected chi connectivity index (χ4v) is 4.44. The number of carboxylic acids is 1. The van der Waals surface area contributed by atoms with Gasteiger partial charge in [0.15, 0.2) is 0 Å². The zero-order chi connectivity index (χ0) is 31.2. The predicted octanol–water partition coefficient (Wildman–Crippen LogP) is 0.139. The van der Waals surface area contributed by atoms with E-state index in [4.69, 9.17) is 11.5 Å². The van der Waals surface area contributed by atoms with Gasteiger partial charge in [-0.15, -0.1) is 0 Å². The molecule has 4 unspecified atom stereocenters. The summed E-state index contributed by atoms with van der Waals surface area (Å²) in [6.07, 6.45) is 4.51. The lowest BCUT2D eigenvalue weighted by molar-refractivity contribution is -0.142. The number of hydrogen-bond donors (Lipinski definition) is 8. The maximum Gasteiger partial charge on any atom is 0.326 e. The standard InChI is InChI=1S/C30H39N7O6/c31-13-5-4-8-24(30(42)43)35-28(40)25(15-19-6-2-1-3-7-19)37-29(41)26(16-21-17-33-18-34-21)36-27(39)23(32)14-20-9-11-22(38)12-10-20/h1-3,6-7,9-12,17-18,23-26,38H,4-5,8,13-16,31-32H2,(H,33,34)(H,35,40)(H,36,39)(H,37,41)(H,42,43). The summed E-state index contributed by atoms with van der Waals surface area (Å²) in [4.78, 5) is 58.8. The van der Waals surface area contributed by atoms with Crippen LogP contribution in [0.1, 0.15) is 36.1 Å². The quantitative estimate of drug-likeness (QED) is 0.0995. The molecule has 13 nitrogen and oxygen atoms in total. The average Bonchev–Trinajstić information content (AvgIpc) is 3.50. The number of benzene rings is 2. The number of aliphatic carboxylic acids is 1. The molecule has 43 heavy (non-hydrogen) atoms. The van der Waals surface area contributed by atoms with Crippen LogP contribution in [0.4, 0.5) is 0 Å². The number of carboxylic acid groups (broad SMARTS) is 1. The highest BCUT2D eigenvalue weighted by molar-refractivity contribution is 5.94. The van der Waals surface area contributed by atoms with Crippen LogP contribution in [0.5, 0.6) is 5.75 Å². The van der Waals surface area contributed by atoms with E-state index in [1.165, 1.54) is 24.7 Å². The zero-order valence-electron chi connectivity index (χ0n) is 23.7. The molecule has 0 bridgehead atoms. The minimum absolute atomic E-state index is 0.0278. The minimum Gasteiger partial charge on any atom is -0.508 e. The van der Waals surface area contributed by atoms with Gasteiger partial charge in [-0.3, -0.25) is 14.4 Å². The number of nitrogens with one attached hydrogen (secondary N) is 4. The van der Waals surface area contributed by atoms with Crippen molar-refractivity contribution in [2.75, 3.05) is 6.54 Å². The third-order valence-electron chi connectivity index (χ3n) is 6.82. The summed E-state index contributed by atoms with van der Waals surface area (Å²) in [5.41, 5.74) is 13.7. The smallest absolute Gasteiger partial charge is 0.326 e. The highest BCUT2D eigenvalue weighted by Gasteiger charge is 2.31. The molecular formula is C30H39N7O6. The second-order valence-electron chi connectivity index (χ2n) is 10.3. The van der Waals surface area contributed by atoms with Crippen molar-refractivity contribution in [1.29, 1.82) is 0 Å². The number of rotatable bonds is 17. The van der Waals surface area contributed by atoms with Crippen LogP contribution in [0.25, 0.3) is 0 Å². The largest absolute Gasteiger partial charge is 0.508 e. The second-order valence-corrected chi connectivity index (χ2v) is 10.3. The molecule has 10 N–H and O–H groups in total. The van der Waals surface area contributed by atoms with Crippen molar-refractivity contribution in [3.8, 4) is 5.75 Å². The molecule has 0 aliphatic carbocycles. The average molecular weight is 594 g/mol. The second kappa shape index (κ2) is 16.6. The summed E-state index contributed by atoms with van der Waals surface area (Å²) in [6, 6.07) is 10.8. The molecule has 0 aliphatic heterocycles. The molecule has 3 aromatic rings. The Morgan fingerprint density at radius 1 is 0.791 bits per heavy atom. The summed E-state index contributed by atoms with van der Waals surface area (Å²) in [5.74, 6) is -3.04. The minimum atomic E-state index is -1.19. The summed E-state index contributed by atoms with van der Waals surface area (Å²) in [5, 5.41) is 27.1. The van der Waals surface area contributed by atoms with Crippen molar-refractivity contribution in [3.05, 3.63) is 83.9 Å². The van der Waals surface area contributed by atoms with Gasteiger partial charge in [0.1, 0.15) is 23.9 Å². The van der Waals surface area contributed by atoms with Gasteiger partial charge in [0.25, 0.3) is 0 Å². The van der Waals surface area contributed by atoms with Crippen LogP contribution in [0.15, 0.2) is 67.1 Å². The number of carbonyl (C=O) groups is 4. The van der Waals surface area contributed by atoms with Gasteiger partial charge in [-0.1, -0.05) is 42.5 Å². The Morgan fingerprint density at radius 3 is 2.00 bits per heavy atom. The van der Waals surface area contributed by atoms with E-state index in [2.05, 4.69) is 25.9 Å². The van der Waals surface area contributed by atoms with Crippen LogP contribution in [0.2, 0.25) is 0 Å². The normalized spacial score (nSPS) is 13.7. The van der Waals surface area contributed by atoms with Gasteiger partial charge in [-0.05, 0) is 55.5 Å². The number of unbranched alkanes of at least 4 members (excludes halogenated alkanes) is 1. The number of phenols is 1. The number of imidazole rings is 1. The first kappa shape index (κ1) is 32.8. The number of nitrogens with two attached hydrogens (primary N) is 2. The first-order valence-electron chi connectivity index (χ1n) is 14.0. The van der Waals surface area contributed by atoms with Crippen LogP contribution >= 0.6 is 0 Å². The molecule has 4 atom stereocenters. The maximum absolute atomic E-state index is 13.6. The molecule has 0 spiro atoms. The van der Waals surface area contributed by atoms with Crippen LogP contribution in [-0.2, 0) is 38.4 Å². The summed E-state index contributed by atoms with van der Waals surface area (Å²) in [7, 11) is 0. The molecule has 13 heteroatoms. The molecule has 0 radical (unpaired) electrons. The van der Waals surface area contributed by atoms with E-state index in [1.807, 2.05) is 6.07 Å². The Bertz CT molecular complexity index is 1320. The van der Waals surface area contributed by atoms with Gasteiger partial charge < -0.3 is 42.6 Å². The van der Waals surface area contributed by atoms with Crippen molar-refractivity contribution >= 4 is 23.7 Å². The molecule has 1 aromatic heterocycles. The number of amides is 3. The van der Waals surface area contributed by atoms with E-state index < -0.39 is 47.9 Å². The SMILES string of the molecule is NCCCCC(NC(=O)C(Cc1ccccc1)NC(=O)C(Cc1cnc[nH]1)NC(=O)C(N)Cc1ccc(O)cc1)C(=O)O. The van der Waals surface area contributed by atoms with Crippen LogP contribution in [0.3, 0.4) is 0 Å². The topological polar surface area (TPSA) is 226 Å². The number of aromatic nitrogens is 2. The van der Waals surface area contributed by atoms with Gasteiger partial charge >= 0.3 is 5.97 Å². The molecule has 0 saturated heterocycles. The summed E-state index contributed by atoms with van der Waals surface area (Å²) >= 11 is 0. The number of nitrogens with zero attached hydrogens (tertiary/aromatic N) is 1. The van der Waals surface area contributed by atoms with E-state index in [0.29, 0.717) is 30.6 Å². The number of aromatic hydroxyl groups is 1. The molecule has 2 aromatic carbocycles. The number of phenolic OH excluding ortho intramolecular Hbond substituents is 1. The Morgan fingerprint density at radius 2 is 1.40 bits per heavy atom. The van der Waals surface area contributed by atoms with Crippen molar-refractivity contribution in [3.63, 3.8) is 0 Å². The van der Waals surface area contributed by atoms with E-state index in [9.17, 15) is 29.4 Å². The maximum atomic E-state index is 13.6. The molecule has 3 rings (SSSR count). The predicted molar refractivity (Wildman–Crippen MR) is 159 cm³/mol. The number of H-pyrrole nitrogens is 1. The lowest BCUT2D eigenvalue weighted by atomic mass is 10.0. The first-order valence-corrected chi connectivity index (χ1v) is 14.0. The Balaban J connectivity index is 1.77. The number of carbonyl (C=O) groups excluding carboxylic acids is 3. The van der Waals surface area contributed by atoms with E-state index in [0.717, 1.165) is 5.56 Å². The molecule has 3 amide bonds. The zero-order valence-corrected chi connectivity index (χ0v) is 23.7. The molecule has 0 aliphatic rings. The molecule has 0 fully saturated rings. The third kappa shape index (κ3) is 10.9. The van der Waals surface area contributed by atoms with Gasteiger partial charge in [0, 0.05) is 24.7 Å². The van der Waals surface area contributed by atoms with Crippen LogP contribution in [0, 0.1) is 0 Å². The van der Waals surface area contributed by atoms with Gasteiger partial charge in [0.2, 0.25) is 17.7 Å². The van der Waals surface area contributed by atoms with Gasteiger partial charge in [0.05, 0.1) is 12.4 Å². The van der Waals surface area contributed by atoms with E-state index >= 15 is 0 Å². The van der Waals surface area contributed by atoms with Crippen molar-refractivity contribution in [1.82, 2.24) is 25.9 Å². The number of hydrogen-bond acceptors (Lipinski definition) is 8.